The van der Waals surface area contributed by atoms with Crippen LogP contribution in [-0.4, -0.2) is 28.6 Å². The van der Waals surface area contributed by atoms with Crippen molar-refractivity contribution in [2.75, 3.05) is 6.54 Å². The Balaban J connectivity index is 2.22. The lowest BCUT2D eigenvalue weighted by Gasteiger charge is -2.07. The highest BCUT2D eigenvalue weighted by molar-refractivity contribution is 5.77. The van der Waals surface area contributed by atoms with Crippen LogP contribution in [0.5, 0.6) is 0 Å². The molecule has 0 bridgehead atoms. The first-order valence-electron chi connectivity index (χ1n) is 4.87. The standard InChI is InChI=1S/C9H16N4O2/c1-6(2)10-5-9(14)11-4-8-12-7(3)15-13-8/h6,10H,4-5H2,1-3H3,(H,11,14). The summed E-state index contributed by atoms with van der Waals surface area (Å²) < 4.78 is 4.77. The van der Waals surface area contributed by atoms with Gasteiger partial charge in [-0.2, -0.15) is 4.98 Å². The molecule has 0 spiro atoms. The van der Waals surface area contributed by atoms with E-state index in [4.69, 9.17) is 4.52 Å². The molecule has 0 saturated carbocycles. The molecule has 1 aromatic heterocycles. The lowest BCUT2D eigenvalue weighted by molar-refractivity contribution is -0.120. The van der Waals surface area contributed by atoms with Gasteiger partial charge < -0.3 is 15.2 Å². The number of carbonyl (C=O) groups excluding carboxylic acids is 1. The maximum absolute atomic E-state index is 11.3. The number of aryl methyl sites for hydroxylation is 1. The number of nitrogens with one attached hydrogen (secondary N) is 2. The van der Waals surface area contributed by atoms with Crippen molar-refractivity contribution in [3.63, 3.8) is 0 Å². The van der Waals surface area contributed by atoms with Crippen molar-refractivity contribution in [3.05, 3.63) is 11.7 Å². The number of nitrogens with zero attached hydrogens (tertiary/aromatic N) is 2. The fourth-order valence-electron chi connectivity index (χ4n) is 0.950. The van der Waals surface area contributed by atoms with Crippen LogP contribution in [0.4, 0.5) is 0 Å². The largest absolute Gasteiger partial charge is 0.348 e. The highest BCUT2D eigenvalue weighted by Crippen LogP contribution is 1.93. The summed E-state index contributed by atoms with van der Waals surface area (Å²) in [5, 5.41) is 9.35. The van der Waals surface area contributed by atoms with Gasteiger partial charge in [0.05, 0.1) is 13.1 Å². The van der Waals surface area contributed by atoms with Gasteiger partial charge in [0.1, 0.15) is 0 Å². The van der Waals surface area contributed by atoms with Gasteiger partial charge in [-0.05, 0) is 0 Å². The molecule has 1 aromatic rings. The van der Waals surface area contributed by atoms with Crippen LogP contribution in [-0.2, 0) is 11.3 Å². The first-order valence-corrected chi connectivity index (χ1v) is 4.87. The number of aromatic nitrogens is 2. The summed E-state index contributed by atoms with van der Waals surface area (Å²) in [7, 11) is 0. The third kappa shape index (κ3) is 4.55. The summed E-state index contributed by atoms with van der Waals surface area (Å²) in [5.41, 5.74) is 0. The van der Waals surface area contributed by atoms with Crippen molar-refractivity contribution < 1.29 is 9.32 Å². The molecule has 2 N–H and O–H groups in total. The van der Waals surface area contributed by atoms with Crippen LogP contribution in [0.15, 0.2) is 4.52 Å². The smallest absolute Gasteiger partial charge is 0.234 e. The lowest BCUT2D eigenvalue weighted by atomic mass is 10.4. The Kier molecular flexibility index (Phi) is 4.23. The van der Waals surface area contributed by atoms with Crippen molar-refractivity contribution in [1.29, 1.82) is 0 Å². The molecule has 1 amide bonds. The van der Waals surface area contributed by atoms with Crippen molar-refractivity contribution >= 4 is 5.91 Å². The zero-order valence-corrected chi connectivity index (χ0v) is 9.20. The average molecular weight is 212 g/mol. The summed E-state index contributed by atoms with van der Waals surface area (Å²) in [5.74, 6) is 0.913. The summed E-state index contributed by atoms with van der Waals surface area (Å²) in [6, 6.07) is 0.295. The fourth-order valence-corrected chi connectivity index (χ4v) is 0.950. The molecule has 1 heterocycles. The quantitative estimate of drug-likeness (QED) is 0.717. The van der Waals surface area contributed by atoms with Crippen LogP contribution in [0.3, 0.4) is 0 Å². The second-order valence-electron chi connectivity index (χ2n) is 3.54. The zero-order chi connectivity index (χ0) is 11.3. The van der Waals surface area contributed by atoms with Gasteiger partial charge in [0.15, 0.2) is 5.82 Å². The fraction of sp³-hybridized carbons (Fsp3) is 0.667. The van der Waals surface area contributed by atoms with Crippen molar-refractivity contribution in [3.8, 4) is 0 Å². The van der Waals surface area contributed by atoms with Gasteiger partial charge in [-0.15, -0.1) is 0 Å². The van der Waals surface area contributed by atoms with Crippen molar-refractivity contribution in [2.24, 2.45) is 0 Å². The molecule has 0 aliphatic heterocycles. The Labute approximate surface area is 88.4 Å². The summed E-state index contributed by atoms with van der Waals surface area (Å²) >= 11 is 0. The van der Waals surface area contributed by atoms with E-state index in [0.717, 1.165) is 0 Å². The predicted molar refractivity (Wildman–Crippen MR) is 54.0 cm³/mol. The Hall–Kier alpha value is -1.43. The predicted octanol–water partition coefficient (Wildman–Crippen LogP) is -0.00778. The van der Waals surface area contributed by atoms with E-state index in [1.54, 1.807) is 6.92 Å². The normalized spacial score (nSPS) is 10.7. The van der Waals surface area contributed by atoms with Gasteiger partial charge in [0.25, 0.3) is 0 Å². The number of amides is 1. The highest BCUT2D eigenvalue weighted by Gasteiger charge is 2.05. The van der Waals surface area contributed by atoms with Crippen molar-refractivity contribution in [2.45, 2.75) is 33.4 Å². The SMILES string of the molecule is Cc1nc(CNC(=O)CNC(C)C)no1. The van der Waals surface area contributed by atoms with Gasteiger partial charge in [0, 0.05) is 13.0 Å². The van der Waals surface area contributed by atoms with Crippen LogP contribution < -0.4 is 10.6 Å². The summed E-state index contributed by atoms with van der Waals surface area (Å²) in [6.07, 6.45) is 0. The second kappa shape index (κ2) is 5.45. The maximum atomic E-state index is 11.3. The molecular formula is C9H16N4O2. The van der Waals surface area contributed by atoms with E-state index in [-0.39, 0.29) is 5.91 Å². The van der Waals surface area contributed by atoms with Gasteiger partial charge in [-0.25, -0.2) is 0 Å². The van der Waals surface area contributed by atoms with Crippen LogP contribution in [0.2, 0.25) is 0 Å². The third-order valence-corrected chi connectivity index (χ3v) is 1.68. The number of hydrogen-bond donors (Lipinski definition) is 2. The molecule has 0 atom stereocenters. The molecule has 0 aromatic carbocycles. The Morgan fingerprint density at radius 1 is 1.53 bits per heavy atom. The van der Waals surface area contributed by atoms with Crippen LogP contribution in [0.25, 0.3) is 0 Å². The van der Waals surface area contributed by atoms with Crippen LogP contribution in [0, 0.1) is 6.92 Å². The molecule has 6 nitrogen and oxygen atoms in total. The van der Waals surface area contributed by atoms with Gasteiger partial charge in [-0.3, -0.25) is 4.79 Å². The Bertz CT molecular complexity index is 322. The van der Waals surface area contributed by atoms with Crippen LogP contribution in [0.1, 0.15) is 25.6 Å². The molecular weight excluding hydrogens is 196 g/mol. The van der Waals surface area contributed by atoms with Gasteiger partial charge >= 0.3 is 0 Å². The molecule has 1 rings (SSSR count). The number of hydrogen-bond acceptors (Lipinski definition) is 5. The molecule has 0 saturated heterocycles. The number of rotatable bonds is 5. The molecule has 0 aliphatic carbocycles. The number of carbonyl (C=O) groups is 1. The van der Waals surface area contributed by atoms with Crippen LogP contribution >= 0.6 is 0 Å². The third-order valence-electron chi connectivity index (χ3n) is 1.68. The van der Waals surface area contributed by atoms with Gasteiger partial charge in [0.2, 0.25) is 11.8 Å². The minimum Gasteiger partial charge on any atom is -0.348 e. The van der Waals surface area contributed by atoms with E-state index in [1.165, 1.54) is 0 Å². The topological polar surface area (TPSA) is 80.0 Å². The molecule has 84 valence electrons. The summed E-state index contributed by atoms with van der Waals surface area (Å²) in [6.45, 7) is 6.27. The minimum absolute atomic E-state index is 0.0776. The highest BCUT2D eigenvalue weighted by atomic mass is 16.5. The molecule has 15 heavy (non-hydrogen) atoms. The van der Waals surface area contributed by atoms with E-state index in [2.05, 4.69) is 20.8 Å². The maximum Gasteiger partial charge on any atom is 0.234 e. The lowest BCUT2D eigenvalue weighted by Crippen LogP contribution is -2.36. The van der Waals surface area contributed by atoms with Gasteiger partial charge in [-0.1, -0.05) is 19.0 Å². The molecule has 0 unspecified atom stereocenters. The monoisotopic (exact) mass is 212 g/mol. The molecule has 0 radical (unpaired) electrons. The Morgan fingerprint density at radius 2 is 2.27 bits per heavy atom. The first-order chi connectivity index (χ1) is 7.08. The van der Waals surface area contributed by atoms with E-state index in [0.29, 0.717) is 30.8 Å². The minimum atomic E-state index is -0.0776. The molecule has 0 aliphatic rings. The van der Waals surface area contributed by atoms with E-state index in [9.17, 15) is 4.79 Å². The Morgan fingerprint density at radius 3 is 2.80 bits per heavy atom. The first kappa shape index (κ1) is 11.6. The van der Waals surface area contributed by atoms with Crippen molar-refractivity contribution in [1.82, 2.24) is 20.8 Å². The second-order valence-corrected chi connectivity index (χ2v) is 3.54. The summed E-state index contributed by atoms with van der Waals surface area (Å²) in [4.78, 5) is 15.2. The average Bonchev–Trinajstić information content (AvgIpc) is 2.58. The van der Waals surface area contributed by atoms with E-state index >= 15 is 0 Å². The van der Waals surface area contributed by atoms with E-state index < -0.39 is 0 Å². The zero-order valence-electron chi connectivity index (χ0n) is 9.20. The molecule has 0 fully saturated rings. The molecule has 6 heteroatoms. The van der Waals surface area contributed by atoms with E-state index in [1.807, 2.05) is 13.8 Å².